The Balaban J connectivity index is -0.000000253. The SMILES string of the molecule is C#CCCC.CCCc1cc2cc(C(=O)OC)cc(I)c2o1.COC(=O)c1cc(I)c(O)c(I)c1.[Cu].[Li+].[OH-].[O]=[Cu]. The van der Waals surface area contributed by atoms with Crippen LogP contribution in [0.3, 0.4) is 0 Å². The van der Waals surface area contributed by atoms with E-state index in [9.17, 15) is 14.7 Å². The van der Waals surface area contributed by atoms with Crippen LogP contribution in [0.15, 0.2) is 34.7 Å². The number of carbonyl (C=O) groups is 2. The van der Waals surface area contributed by atoms with E-state index < -0.39 is 5.97 Å². The molecule has 0 aliphatic heterocycles. The van der Waals surface area contributed by atoms with Gasteiger partial charge in [0.25, 0.3) is 0 Å². The Morgan fingerprint density at radius 1 is 0.925 bits per heavy atom. The molecule has 40 heavy (non-hydrogen) atoms. The zero-order valence-corrected chi connectivity index (χ0v) is 30.7. The van der Waals surface area contributed by atoms with Crippen molar-refractivity contribution >= 4 is 90.7 Å². The van der Waals surface area contributed by atoms with E-state index in [2.05, 4.69) is 63.0 Å². The summed E-state index contributed by atoms with van der Waals surface area (Å²) in [5, 5.41) is 10.4. The van der Waals surface area contributed by atoms with Crippen molar-refractivity contribution in [2.45, 2.75) is 39.5 Å². The summed E-state index contributed by atoms with van der Waals surface area (Å²) < 4.78 is 25.1. The van der Waals surface area contributed by atoms with Gasteiger partial charge >= 0.3 is 50.6 Å². The number of halogens is 3. The van der Waals surface area contributed by atoms with Crippen LogP contribution in [-0.2, 0) is 52.7 Å². The molecule has 1 radical (unpaired) electrons. The van der Waals surface area contributed by atoms with Gasteiger partial charge in [-0.15, -0.1) is 12.3 Å². The fraction of sp³-hybridized carbons (Fsp3) is 0.308. The van der Waals surface area contributed by atoms with Crippen LogP contribution in [0.5, 0.6) is 5.75 Å². The molecule has 0 saturated carbocycles. The van der Waals surface area contributed by atoms with Crippen molar-refractivity contribution in [3.05, 3.63) is 57.9 Å². The Bertz CT molecular complexity index is 1210. The standard InChI is InChI=1S/C13H13IO3.C8H6I2O3.C5H8.2Cu.Li.H2O.O/c1-3-4-10-6-8-5-9(13(15)16-2)7-11(14)12(8)17-10;1-13-8(12)4-2-5(9)7(11)6(10)3-4;1-3-5-4-2;;;;;/h5-7H,3-4H2,1-2H3;2-3,11H,1H3;1H,4-5H2,2H3;;;;1H2;/q;;;;;+1;;/p-1. The Kier molecular flexibility index (Phi) is 31.0. The number of hydrogen-bond donors (Lipinski definition) is 1. The van der Waals surface area contributed by atoms with Gasteiger partial charge in [0.15, 0.2) is 0 Å². The summed E-state index contributed by atoms with van der Waals surface area (Å²) in [6.45, 7) is 4.18. The zero-order valence-electron chi connectivity index (χ0n) is 22.4. The Labute approximate surface area is 306 Å². The van der Waals surface area contributed by atoms with Gasteiger partial charge in [-0.05, 0) is 111 Å². The number of carbonyl (C=O) groups excluding carboxylic acids is 2. The fourth-order valence-electron chi connectivity index (χ4n) is 2.71. The number of unbranched alkanes of at least 4 members (excludes halogenated alkanes) is 1. The molecule has 0 spiro atoms. The number of phenols is 1. The molecule has 0 unspecified atom stereocenters. The number of aryl methyl sites for hydroxylation is 1. The second-order valence-corrected chi connectivity index (χ2v) is 10.6. The molecule has 1 heterocycles. The van der Waals surface area contributed by atoms with E-state index in [4.69, 9.17) is 19.4 Å². The van der Waals surface area contributed by atoms with Crippen LogP contribution in [0.25, 0.3) is 11.0 Å². The average molecular weight is 983 g/mol. The molecule has 2 N–H and O–H groups in total. The molecule has 8 nitrogen and oxygen atoms in total. The molecule has 0 amide bonds. The van der Waals surface area contributed by atoms with Gasteiger partial charge in [0, 0.05) is 35.3 Å². The maximum atomic E-state index is 11.5. The Morgan fingerprint density at radius 2 is 1.38 bits per heavy atom. The van der Waals surface area contributed by atoms with Crippen LogP contribution in [-0.4, -0.2) is 36.7 Å². The molecule has 0 fully saturated rings. The molecule has 0 bridgehead atoms. The molecule has 0 atom stereocenters. The van der Waals surface area contributed by atoms with E-state index in [1.807, 2.05) is 57.3 Å². The molecule has 14 heteroatoms. The van der Waals surface area contributed by atoms with Gasteiger partial charge in [0.2, 0.25) is 0 Å². The van der Waals surface area contributed by atoms with Gasteiger partial charge in [-0.25, -0.2) is 9.59 Å². The first-order valence-electron chi connectivity index (χ1n) is 10.8. The van der Waals surface area contributed by atoms with Crippen LogP contribution >= 0.6 is 67.8 Å². The molecule has 3 aromatic rings. The van der Waals surface area contributed by atoms with Gasteiger partial charge in [0.1, 0.15) is 17.1 Å². The van der Waals surface area contributed by atoms with Crippen molar-refractivity contribution in [2.24, 2.45) is 0 Å². The van der Waals surface area contributed by atoms with E-state index in [1.165, 1.54) is 14.2 Å². The minimum absolute atomic E-state index is 0. The molecule has 0 aliphatic carbocycles. The minimum atomic E-state index is -0.393. The zero-order chi connectivity index (χ0) is 28.5. The van der Waals surface area contributed by atoms with Crippen LogP contribution in [0.2, 0.25) is 0 Å². The van der Waals surface area contributed by atoms with E-state index in [-0.39, 0.29) is 53.1 Å². The van der Waals surface area contributed by atoms with Gasteiger partial charge < -0.3 is 24.5 Å². The number of methoxy groups -OCH3 is 2. The Hall–Kier alpha value is -0.134. The van der Waals surface area contributed by atoms with E-state index in [1.54, 1.807) is 18.2 Å². The van der Waals surface area contributed by atoms with E-state index in [0.29, 0.717) is 18.3 Å². The number of furan rings is 1. The van der Waals surface area contributed by atoms with Crippen molar-refractivity contribution in [2.75, 3.05) is 14.2 Å². The second-order valence-electron chi connectivity index (χ2n) is 7.06. The van der Waals surface area contributed by atoms with Crippen molar-refractivity contribution in [3.63, 3.8) is 0 Å². The number of benzene rings is 2. The van der Waals surface area contributed by atoms with E-state index >= 15 is 0 Å². The number of fused-ring (bicyclic) bond motifs is 1. The van der Waals surface area contributed by atoms with Gasteiger partial charge in [0.05, 0.1) is 36.1 Å². The molecular weight excluding hydrogens is 955 g/mol. The molecule has 3 rings (SSSR count). The number of phenolic OH excluding ortho intramolecular Hbond substituents is 1. The summed E-state index contributed by atoms with van der Waals surface area (Å²) in [6.07, 6.45) is 8.87. The second kappa shape index (κ2) is 26.5. The molecular formula is C26H28Cu2I3LiO8. The van der Waals surface area contributed by atoms with Crippen LogP contribution in [0, 0.1) is 23.1 Å². The number of esters is 2. The number of hydrogen-bond acceptors (Lipinski definition) is 8. The van der Waals surface area contributed by atoms with Gasteiger partial charge in [-0.1, -0.05) is 13.8 Å². The van der Waals surface area contributed by atoms with Crippen LogP contribution in [0.4, 0.5) is 0 Å². The summed E-state index contributed by atoms with van der Waals surface area (Å²) in [5.41, 5.74) is 1.86. The normalized spacial score (nSPS) is 8.70. The summed E-state index contributed by atoms with van der Waals surface area (Å²) >= 11 is 9.04. The third-order valence-electron chi connectivity index (χ3n) is 4.37. The monoisotopic (exact) mass is 982 g/mol. The van der Waals surface area contributed by atoms with E-state index in [0.717, 1.165) is 46.0 Å². The van der Waals surface area contributed by atoms with Crippen molar-refractivity contribution in [3.8, 4) is 18.1 Å². The van der Waals surface area contributed by atoms with Crippen molar-refractivity contribution in [1.29, 1.82) is 0 Å². The summed E-state index contributed by atoms with van der Waals surface area (Å²) in [7, 11) is 2.71. The number of aromatic hydroxyl groups is 1. The summed E-state index contributed by atoms with van der Waals surface area (Å²) in [6, 6.07) is 8.77. The molecule has 0 aliphatic rings. The molecule has 0 saturated heterocycles. The molecule has 1 aromatic heterocycles. The third-order valence-corrected chi connectivity index (χ3v) is 6.82. The first-order chi connectivity index (χ1) is 17.6. The first kappa shape index (κ1) is 46.8. The van der Waals surface area contributed by atoms with Gasteiger partial charge in [-0.2, -0.15) is 0 Å². The quantitative estimate of drug-likeness (QED) is 0.174. The summed E-state index contributed by atoms with van der Waals surface area (Å²) in [4.78, 5) is 22.6. The van der Waals surface area contributed by atoms with Crippen LogP contribution < -0.4 is 18.9 Å². The van der Waals surface area contributed by atoms with Gasteiger partial charge in [-0.3, -0.25) is 0 Å². The van der Waals surface area contributed by atoms with Crippen molar-refractivity contribution in [1.82, 2.24) is 0 Å². The Morgan fingerprint density at radius 3 is 1.75 bits per heavy atom. The third kappa shape index (κ3) is 15.9. The number of ether oxygens (including phenoxy) is 2. The van der Waals surface area contributed by atoms with Crippen molar-refractivity contribution < 1.29 is 89.8 Å². The molecule has 2 aromatic carbocycles. The number of rotatable bonds is 5. The average Bonchev–Trinajstić information content (AvgIpc) is 3.32. The maximum absolute atomic E-state index is 11.5. The predicted octanol–water partition coefficient (Wildman–Crippen LogP) is 4.29. The predicted molar refractivity (Wildman–Crippen MR) is 166 cm³/mol. The fourth-order valence-corrected chi connectivity index (χ4v) is 5.24. The summed E-state index contributed by atoms with van der Waals surface area (Å²) in [5.74, 6) is 2.97. The first-order valence-corrected chi connectivity index (χ1v) is 14.4. The topological polar surface area (TPSA) is 133 Å². The number of terminal acetylenes is 1. The molecule has 224 valence electrons. The van der Waals surface area contributed by atoms with Crippen LogP contribution in [0.1, 0.15) is 59.6 Å².